The van der Waals surface area contributed by atoms with Crippen molar-refractivity contribution in [3.05, 3.63) is 53.9 Å². The molecule has 22 heavy (non-hydrogen) atoms. The average Bonchev–Trinajstić information content (AvgIpc) is 2.52. The molecule has 2 N–H and O–H groups in total. The number of carbonyl (C=O) groups excluding carboxylic acids is 1. The predicted octanol–water partition coefficient (Wildman–Crippen LogP) is 2.66. The van der Waals surface area contributed by atoms with Gasteiger partial charge in [-0.2, -0.15) is 0 Å². The second-order valence-corrected chi connectivity index (χ2v) is 5.44. The molecule has 5 heteroatoms. The Morgan fingerprint density at radius 2 is 1.82 bits per heavy atom. The van der Waals surface area contributed by atoms with Crippen LogP contribution in [0.1, 0.15) is 36.2 Å². The van der Waals surface area contributed by atoms with Crippen LogP contribution < -0.4 is 10.6 Å². The maximum Gasteiger partial charge on any atom is 0.254 e. The molecule has 0 saturated carbocycles. The Bertz CT molecular complexity index is 581. The van der Waals surface area contributed by atoms with Crippen molar-refractivity contribution in [2.24, 2.45) is 0 Å². The first-order chi connectivity index (χ1) is 10.6. The Morgan fingerprint density at radius 3 is 2.45 bits per heavy atom. The molecule has 0 bridgehead atoms. The SMILES string of the molecule is CC(C)NC(=O)c1cnc(NCCCc2ccccc2)nc1. The van der Waals surface area contributed by atoms with E-state index in [9.17, 15) is 4.79 Å². The standard InChI is InChI=1S/C17H22N4O/c1-13(2)21-16(22)15-11-19-17(20-12-15)18-10-6-9-14-7-4-3-5-8-14/h3-5,7-8,11-13H,6,9-10H2,1-2H3,(H,21,22)(H,18,19,20). The van der Waals surface area contributed by atoms with Crippen molar-refractivity contribution in [3.63, 3.8) is 0 Å². The Morgan fingerprint density at radius 1 is 1.14 bits per heavy atom. The molecule has 1 heterocycles. The lowest BCUT2D eigenvalue weighted by Gasteiger charge is -2.08. The number of aryl methyl sites for hydroxylation is 1. The van der Waals surface area contributed by atoms with E-state index in [0.29, 0.717) is 11.5 Å². The minimum Gasteiger partial charge on any atom is -0.354 e. The maximum absolute atomic E-state index is 11.8. The Balaban J connectivity index is 1.76. The molecule has 0 spiro atoms. The lowest BCUT2D eigenvalue weighted by molar-refractivity contribution is 0.0942. The van der Waals surface area contributed by atoms with Crippen LogP contribution in [0.25, 0.3) is 0 Å². The van der Waals surface area contributed by atoms with E-state index >= 15 is 0 Å². The molecule has 2 aromatic rings. The number of hydrogen-bond acceptors (Lipinski definition) is 4. The fourth-order valence-electron chi connectivity index (χ4n) is 2.02. The summed E-state index contributed by atoms with van der Waals surface area (Å²) in [4.78, 5) is 20.1. The summed E-state index contributed by atoms with van der Waals surface area (Å²) in [6.45, 7) is 4.63. The van der Waals surface area contributed by atoms with Gasteiger partial charge in [0, 0.05) is 25.0 Å². The van der Waals surface area contributed by atoms with Gasteiger partial charge < -0.3 is 10.6 Å². The number of nitrogens with zero attached hydrogens (tertiary/aromatic N) is 2. The Hall–Kier alpha value is -2.43. The second kappa shape index (κ2) is 8.12. The quantitative estimate of drug-likeness (QED) is 0.771. The van der Waals surface area contributed by atoms with Crippen LogP contribution in [0.3, 0.4) is 0 Å². The van der Waals surface area contributed by atoms with E-state index in [1.165, 1.54) is 5.56 Å². The molecule has 0 saturated heterocycles. The number of carbonyl (C=O) groups is 1. The average molecular weight is 298 g/mol. The third kappa shape index (κ3) is 5.16. The zero-order valence-electron chi connectivity index (χ0n) is 13.0. The van der Waals surface area contributed by atoms with Gasteiger partial charge in [0.15, 0.2) is 0 Å². The normalized spacial score (nSPS) is 10.5. The van der Waals surface area contributed by atoms with E-state index in [1.807, 2.05) is 32.0 Å². The minimum absolute atomic E-state index is 0.100. The van der Waals surface area contributed by atoms with Crippen LogP contribution in [0.15, 0.2) is 42.7 Å². The number of aromatic nitrogens is 2. The van der Waals surface area contributed by atoms with Crippen LogP contribution >= 0.6 is 0 Å². The Kier molecular flexibility index (Phi) is 5.89. The molecule has 0 radical (unpaired) electrons. The molecule has 0 aliphatic heterocycles. The van der Waals surface area contributed by atoms with Crippen LogP contribution in [0.4, 0.5) is 5.95 Å². The van der Waals surface area contributed by atoms with Gasteiger partial charge in [-0.1, -0.05) is 30.3 Å². The summed E-state index contributed by atoms with van der Waals surface area (Å²) in [5.41, 5.74) is 1.80. The fraction of sp³-hybridized carbons (Fsp3) is 0.353. The first-order valence-corrected chi connectivity index (χ1v) is 7.56. The zero-order valence-corrected chi connectivity index (χ0v) is 13.0. The van der Waals surface area contributed by atoms with Gasteiger partial charge in [0.1, 0.15) is 0 Å². The van der Waals surface area contributed by atoms with Gasteiger partial charge in [-0.15, -0.1) is 0 Å². The van der Waals surface area contributed by atoms with Crippen molar-refractivity contribution < 1.29 is 4.79 Å². The van der Waals surface area contributed by atoms with Crippen LogP contribution in [0, 0.1) is 0 Å². The van der Waals surface area contributed by atoms with E-state index in [0.717, 1.165) is 19.4 Å². The lowest BCUT2D eigenvalue weighted by atomic mass is 10.1. The second-order valence-electron chi connectivity index (χ2n) is 5.44. The molecular weight excluding hydrogens is 276 g/mol. The number of nitrogens with one attached hydrogen (secondary N) is 2. The molecule has 1 amide bonds. The molecule has 1 aromatic carbocycles. The van der Waals surface area contributed by atoms with Gasteiger partial charge in [0.05, 0.1) is 5.56 Å². The highest BCUT2D eigenvalue weighted by Gasteiger charge is 2.07. The van der Waals surface area contributed by atoms with Gasteiger partial charge in [-0.05, 0) is 32.3 Å². The molecule has 0 aliphatic rings. The smallest absolute Gasteiger partial charge is 0.254 e. The van der Waals surface area contributed by atoms with Crippen molar-refractivity contribution in [2.75, 3.05) is 11.9 Å². The number of anilines is 1. The fourth-order valence-corrected chi connectivity index (χ4v) is 2.02. The van der Waals surface area contributed by atoms with Crippen molar-refractivity contribution in [2.45, 2.75) is 32.7 Å². The highest BCUT2D eigenvalue weighted by atomic mass is 16.1. The van der Waals surface area contributed by atoms with Crippen molar-refractivity contribution in [1.29, 1.82) is 0 Å². The first-order valence-electron chi connectivity index (χ1n) is 7.56. The first kappa shape index (κ1) is 15.9. The molecule has 2 rings (SSSR count). The van der Waals surface area contributed by atoms with Gasteiger partial charge in [-0.3, -0.25) is 4.79 Å². The van der Waals surface area contributed by atoms with Crippen molar-refractivity contribution in [3.8, 4) is 0 Å². The number of amides is 1. The third-order valence-electron chi connectivity index (χ3n) is 3.10. The summed E-state index contributed by atoms with van der Waals surface area (Å²) in [5, 5.41) is 5.98. The summed E-state index contributed by atoms with van der Waals surface area (Å²) in [7, 11) is 0. The highest BCUT2D eigenvalue weighted by molar-refractivity contribution is 5.93. The van der Waals surface area contributed by atoms with Crippen molar-refractivity contribution in [1.82, 2.24) is 15.3 Å². The van der Waals surface area contributed by atoms with Crippen LogP contribution in [-0.4, -0.2) is 28.5 Å². The van der Waals surface area contributed by atoms with Gasteiger partial charge >= 0.3 is 0 Å². The van der Waals surface area contributed by atoms with E-state index < -0.39 is 0 Å². The molecule has 0 unspecified atom stereocenters. The van der Waals surface area contributed by atoms with Crippen molar-refractivity contribution >= 4 is 11.9 Å². The van der Waals surface area contributed by atoms with Gasteiger partial charge in [0.25, 0.3) is 5.91 Å². The van der Waals surface area contributed by atoms with E-state index in [2.05, 4.69) is 32.7 Å². The third-order valence-corrected chi connectivity index (χ3v) is 3.10. The monoisotopic (exact) mass is 298 g/mol. The van der Waals surface area contributed by atoms with Gasteiger partial charge in [-0.25, -0.2) is 9.97 Å². The highest BCUT2D eigenvalue weighted by Crippen LogP contribution is 2.04. The van der Waals surface area contributed by atoms with E-state index in [-0.39, 0.29) is 11.9 Å². The predicted molar refractivity (Wildman–Crippen MR) is 87.9 cm³/mol. The summed E-state index contributed by atoms with van der Waals surface area (Å²) in [6, 6.07) is 10.5. The molecular formula is C17H22N4O. The lowest BCUT2D eigenvalue weighted by Crippen LogP contribution is -2.30. The molecule has 5 nitrogen and oxygen atoms in total. The summed E-state index contributed by atoms with van der Waals surface area (Å²) in [5.74, 6) is 0.403. The molecule has 1 aromatic heterocycles. The van der Waals surface area contributed by atoms with Gasteiger partial charge in [0.2, 0.25) is 5.95 Å². The van der Waals surface area contributed by atoms with Crippen LogP contribution in [0.2, 0.25) is 0 Å². The summed E-state index contributed by atoms with van der Waals surface area (Å²) in [6.07, 6.45) is 5.11. The summed E-state index contributed by atoms with van der Waals surface area (Å²) >= 11 is 0. The summed E-state index contributed by atoms with van der Waals surface area (Å²) < 4.78 is 0. The maximum atomic E-state index is 11.8. The number of benzene rings is 1. The van der Waals surface area contributed by atoms with E-state index in [1.54, 1.807) is 12.4 Å². The number of rotatable bonds is 7. The zero-order chi connectivity index (χ0) is 15.8. The molecule has 0 aliphatic carbocycles. The molecule has 0 atom stereocenters. The largest absolute Gasteiger partial charge is 0.354 e. The molecule has 0 fully saturated rings. The van der Waals surface area contributed by atoms with Crippen LogP contribution in [-0.2, 0) is 6.42 Å². The van der Waals surface area contributed by atoms with Crippen LogP contribution in [0.5, 0.6) is 0 Å². The number of hydrogen-bond donors (Lipinski definition) is 2. The minimum atomic E-state index is -0.148. The Labute approximate surface area is 131 Å². The topological polar surface area (TPSA) is 66.9 Å². The molecule has 116 valence electrons. The van der Waals surface area contributed by atoms with E-state index in [4.69, 9.17) is 0 Å².